The quantitative estimate of drug-likeness (QED) is 0.133. The van der Waals surface area contributed by atoms with Crippen molar-refractivity contribution < 1.29 is 9.53 Å². The van der Waals surface area contributed by atoms with Crippen LogP contribution in [0, 0.1) is 0 Å². The average molecular weight is 531 g/mol. The minimum absolute atomic E-state index is 0.00384. The number of esters is 1. The Bertz CT molecular complexity index is 1330. The molecule has 4 aromatic rings. The predicted octanol–water partition coefficient (Wildman–Crippen LogP) is 4.96. The van der Waals surface area contributed by atoms with E-state index in [2.05, 4.69) is 36.4 Å². The second-order valence-corrected chi connectivity index (χ2v) is 8.42. The molecule has 1 atom stereocenters. The molecule has 0 aliphatic rings. The zero-order chi connectivity index (χ0) is 24.6. The molecule has 1 aromatic heterocycles. The number of guanidine groups is 1. The number of ether oxygens (including phenoxy) is 1. The molecule has 1 unspecified atom stereocenters. The van der Waals surface area contributed by atoms with Gasteiger partial charge < -0.3 is 21.5 Å². The Kier molecular flexibility index (Phi) is 7.81. The molecule has 0 radical (unpaired) electrons. The standard InChI is InChI=1S/C26H23BrN6O2/c27-19-11-5-4-10-18(19)20(28)16-25(34)35-23-13-7-6-12-22(23)30-26(29)31-24-15-14-21(32-33-24)17-8-2-1-3-9-17/h1-15,20H,16,28H2,(H3,29,30,31,33). The first-order valence-corrected chi connectivity index (χ1v) is 11.6. The normalized spacial score (nSPS) is 12.1. The van der Waals surface area contributed by atoms with Crippen LogP contribution in [0.15, 0.2) is 100 Å². The SMILES string of the molecule is NC(=Nc1ccc(-c2ccccc2)nn1)Nc1ccccc1OC(=O)CC(N)c1ccccc1Br. The highest BCUT2D eigenvalue weighted by molar-refractivity contribution is 9.10. The molecule has 0 saturated carbocycles. The van der Waals surface area contributed by atoms with Crippen molar-refractivity contribution >= 4 is 39.4 Å². The van der Waals surface area contributed by atoms with Crippen LogP contribution in [0.2, 0.25) is 0 Å². The maximum Gasteiger partial charge on any atom is 0.313 e. The van der Waals surface area contributed by atoms with Gasteiger partial charge in [-0.25, -0.2) is 0 Å². The van der Waals surface area contributed by atoms with Crippen molar-refractivity contribution in [1.29, 1.82) is 0 Å². The molecule has 1 heterocycles. The molecule has 9 heteroatoms. The Morgan fingerprint density at radius 3 is 2.40 bits per heavy atom. The summed E-state index contributed by atoms with van der Waals surface area (Å²) in [6.07, 6.45) is 0.00384. The van der Waals surface area contributed by atoms with Gasteiger partial charge in [-0.05, 0) is 35.9 Å². The molecule has 3 aromatic carbocycles. The van der Waals surface area contributed by atoms with Gasteiger partial charge in [-0.1, -0.05) is 76.6 Å². The highest BCUT2D eigenvalue weighted by Crippen LogP contribution is 2.27. The minimum atomic E-state index is -0.512. The zero-order valence-corrected chi connectivity index (χ0v) is 20.2. The van der Waals surface area contributed by atoms with Gasteiger partial charge in [0.15, 0.2) is 17.5 Å². The van der Waals surface area contributed by atoms with Gasteiger partial charge in [-0.2, -0.15) is 4.99 Å². The molecule has 8 nitrogen and oxygen atoms in total. The molecule has 0 saturated heterocycles. The topological polar surface area (TPSA) is 129 Å². The van der Waals surface area contributed by atoms with Gasteiger partial charge in [0.25, 0.3) is 0 Å². The smallest absolute Gasteiger partial charge is 0.313 e. The van der Waals surface area contributed by atoms with Crippen molar-refractivity contribution in [3.05, 3.63) is 101 Å². The van der Waals surface area contributed by atoms with E-state index >= 15 is 0 Å². The Labute approximate surface area is 211 Å². The summed E-state index contributed by atoms with van der Waals surface area (Å²) in [4.78, 5) is 16.8. The monoisotopic (exact) mass is 530 g/mol. The van der Waals surface area contributed by atoms with E-state index in [4.69, 9.17) is 16.2 Å². The number of aromatic nitrogens is 2. The van der Waals surface area contributed by atoms with E-state index in [0.29, 0.717) is 17.3 Å². The number of rotatable bonds is 7. The lowest BCUT2D eigenvalue weighted by atomic mass is 10.1. The van der Waals surface area contributed by atoms with Gasteiger partial charge >= 0.3 is 5.97 Å². The molecule has 0 amide bonds. The van der Waals surface area contributed by atoms with Crippen LogP contribution in [0.4, 0.5) is 11.5 Å². The van der Waals surface area contributed by atoms with Gasteiger partial charge in [0.2, 0.25) is 0 Å². The number of hydrogen-bond acceptors (Lipinski definition) is 6. The summed E-state index contributed by atoms with van der Waals surface area (Å²) in [5, 5.41) is 11.3. The highest BCUT2D eigenvalue weighted by Gasteiger charge is 2.17. The molecular formula is C26H23BrN6O2. The number of anilines is 1. The van der Waals surface area contributed by atoms with E-state index in [-0.39, 0.29) is 12.4 Å². The fraction of sp³-hybridized carbons (Fsp3) is 0.0769. The number of benzene rings is 3. The summed E-state index contributed by atoms with van der Waals surface area (Å²) >= 11 is 3.46. The molecule has 0 fully saturated rings. The van der Waals surface area contributed by atoms with Crippen LogP contribution in [0.25, 0.3) is 11.3 Å². The summed E-state index contributed by atoms with van der Waals surface area (Å²) in [5.74, 6) is 0.240. The summed E-state index contributed by atoms with van der Waals surface area (Å²) in [5.41, 5.74) is 15.3. The number of hydrogen-bond donors (Lipinski definition) is 3. The first-order chi connectivity index (χ1) is 17.0. The number of aliphatic imine (C=N–C) groups is 1. The van der Waals surface area contributed by atoms with Gasteiger partial charge in [0.1, 0.15) is 0 Å². The van der Waals surface area contributed by atoms with Gasteiger partial charge in [0, 0.05) is 16.1 Å². The average Bonchev–Trinajstić information content (AvgIpc) is 2.86. The third-order valence-electron chi connectivity index (χ3n) is 5.02. The van der Waals surface area contributed by atoms with Crippen molar-refractivity contribution in [2.75, 3.05) is 5.32 Å². The molecule has 176 valence electrons. The van der Waals surface area contributed by atoms with E-state index in [1.807, 2.05) is 60.7 Å². The fourth-order valence-electron chi connectivity index (χ4n) is 3.33. The molecule has 0 bridgehead atoms. The molecule has 0 aliphatic heterocycles. The summed E-state index contributed by atoms with van der Waals surface area (Å²) < 4.78 is 6.40. The van der Waals surface area contributed by atoms with Gasteiger partial charge in [0.05, 0.1) is 17.8 Å². The third-order valence-corrected chi connectivity index (χ3v) is 5.74. The van der Waals surface area contributed by atoms with Gasteiger partial charge in [-0.15, -0.1) is 10.2 Å². The summed E-state index contributed by atoms with van der Waals surface area (Å²) in [7, 11) is 0. The van der Waals surface area contributed by atoms with E-state index < -0.39 is 12.0 Å². The second kappa shape index (κ2) is 11.4. The summed E-state index contributed by atoms with van der Waals surface area (Å²) in [6.45, 7) is 0. The lowest BCUT2D eigenvalue weighted by Crippen LogP contribution is -2.23. The van der Waals surface area contributed by atoms with Crippen LogP contribution in [-0.2, 0) is 4.79 Å². The third kappa shape index (κ3) is 6.50. The van der Waals surface area contributed by atoms with E-state index in [1.165, 1.54) is 0 Å². The van der Waals surface area contributed by atoms with Gasteiger partial charge in [-0.3, -0.25) is 4.79 Å². The number of nitrogens with two attached hydrogens (primary N) is 2. The minimum Gasteiger partial charge on any atom is -0.424 e. The second-order valence-electron chi connectivity index (χ2n) is 7.57. The van der Waals surface area contributed by atoms with Crippen LogP contribution in [-0.4, -0.2) is 22.1 Å². The molecular weight excluding hydrogens is 508 g/mol. The lowest BCUT2D eigenvalue weighted by Gasteiger charge is -2.15. The largest absolute Gasteiger partial charge is 0.424 e. The molecule has 0 spiro atoms. The number of carbonyl (C=O) groups is 1. The van der Waals surface area contributed by atoms with Crippen molar-refractivity contribution in [2.45, 2.75) is 12.5 Å². The molecule has 0 aliphatic carbocycles. The maximum absolute atomic E-state index is 12.6. The van der Waals surface area contributed by atoms with E-state index in [9.17, 15) is 4.79 Å². The maximum atomic E-state index is 12.6. The first-order valence-electron chi connectivity index (χ1n) is 10.8. The van der Waals surface area contributed by atoms with Crippen LogP contribution < -0.4 is 21.5 Å². The number of carbonyl (C=O) groups excluding carboxylic acids is 1. The molecule has 4 rings (SSSR count). The number of nitrogens with zero attached hydrogens (tertiary/aromatic N) is 3. The number of halogens is 1. The summed E-state index contributed by atoms with van der Waals surface area (Å²) in [6, 6.07) is 27.2. The molecule has 35 heavy (non-hydrogen) atoms. The van der Waals surface area contributed by atoms with Crippen molar-refractivity contribution in [2.24, 2.45) is 16.5 Å². The van der Waals surface area contributed by atoms with Crippen LogP contribution >= 0.6 is 15.9 Å². The Balaban J connectivity index is 1.42. The Morgan fingerprint density at radius 1 is 0.943 bits per heavy atom. The Morgan fingerprint density at radius 2 is 1.66 bits per heavy atom. The lowest BCUT2D eigenvalue weighted by molar-refractivity contribution is -0.134. The van der Waals surface area contributed by atoms with E-state index in [0.717, 1.165) is 21.3 Å². The number of para-hydroxylation sites is 2. The fourth-order valence-corrected chi connectivity index (χ4v) is 3.90. The van der Waals surface area contributed by atoms with Crippen molar-refractivity contribution in [3.8, 4) is 17.0 Å². The van der Waals surface area contributed by atoms with E-state index in [1.54, 1.807) is 30.3 Å². The van der Waals surface area contributed by atoms with Crippen molar-refractivity contribution in [1.82, 2.24) is 10.2 Å². The molecule has 5 N–H and O–H groups in total. The van der Waals surface area contributed by atoms with Crippen LogP contribution in [0.1, 0.15) is 18.0 Å². The Hall–Kier alpha value is -4.08. The zero-order valence-electron chi connectivity index (χ0n) is 18.6. The first kappa shape index (κ1) is 24.1. The van der Waals surface area contributed by atoms with Crippen LogP contribution in [0.3, 0.4) is 0 Å². The number of nitrogens with one attached hydrogen (secondary N) is 1. The van der Waals surface area contributed by atoms with Crippen LogP contribution in [0.5, 0.6) is 5.75 Å². The van der Waals surface area contributed by atoms with Crippen molar-refractivity contribution in [3.63, 3.8) is 0 Å². The predicted molar refractivity (Wildman–Crippen MR) is 140 cm³/mol. The highest BCUT2D eigenvalue weighted by atomic mass is 79.9.